The van der Waals surface area contributed by atoms with Gasteiger partial charge in [-0.3, -0.25) is 0 Å². The molecule has 0 radical (unpaired) electrons. The lowest BCUT2D eigenvalue weighted by molar-refractivity contribution is 0.780. The van der Waals surface area contributed by atoms with E-state index in [1.54, 1.807) is 0 Å². The molecule has 90 valence electrons. The zero-order chi connectivity index (χ0) is 12.1. The highest BCUT2D eigenvalue weighted by Crippen LogP contribution is 2.19. The molecule has 0 aliphatic carbocycles. The highest BCUT2D eigenvalue weighted by Gasteiger charge is 2.08. The van der Waals surface area contributed by atoms with Gasteiger partial charge in [0.25, 0.3) is 0 Å². The van der Waals surface area contributed by atoms with Crippen LogP contribution in [0.1, 0.15) is 50.3 Å². The smallest absolute Gasteiger partial charge is 0.138 e. The summed E-state index contributed by atoms with van der Waals surface area (Å²) in [6.45, 7) is 8.38. The first-order valence-corrected chi connectivity index (χ1v) is 6.79. The van der Waals surface area contributed by atoms with Gasteiger partial charge in [0, 0.05) is 28.7 Å². The van der Waals surface area contributed by atoms with E-state index in [1.807, 2.05) is 31.8 Å². The summed E-state index contributed by atoms with van der Waals surface area (Å²) in [5.41, 5.74) is 7.87. The fourth-order valence-corrected chi connectivity index (χ4v) is 2.18. The third-order valence-corrected chi connectivity index (χ3v) is 3.96. The number of hydrogen-bond acceptors (Lipinski definition) is 4. The molecule has 3 nitrogen and oxygen atoms in total. The molecule has 0 spiro atoms. The van der Waals surface area contributed by atoms with Crippen LogP contribution in [0, 0.1) is 6.92 Å². The van der Waals surface area contributed by atoms with E-state index in [0.29, 0.717) is 5.25 Å². The Morgan fingerprint density at radius 3 is 2.62 bits per heavy atom. The second-order valence-electron chi connectivity index (χ2n) is 4.15. The molecule has 0 aliphatic rings. The largest absolute Gasteiger partial charge is 0.324 e. The molecule has 0 saturated heterocycles. The topological polar surface area (TPSA) is 51.8 Å². The number of aryl methyl sites for hydroxylation is 1. The Labute approximate surface area is 102 Å². The zero-order valence-electron chi connectivity index (χ0n) is 10.5. The van der Waals surface area contributed by atoms with E-state index in [2.05, 4.69) is 23.8 Å². The van der Waals surface area contributed by atoms with Gasteiger partial charge in [0.2, 0.25) is 0 Å². The summed E-state index contributed by atoms with van der Waals surface area (Å²) >= 11 is 1.90. The molecule has 4 heteroatoms. The molecule has 16 heavy (non-hydrogen) atoms. The Bertz CT molecular complexity index is 339. The van der Waals surface area contributed by atoms with Crippen LogP contribution < -0.4 is 5.73 Å². The summed E-state index contributed by atoms with van der Waals surface area (Å²) in [6, 6.07) is 0.0104. The van der Waals surface area contributed by atoms with E-state index >= 15 is 0 Å². The van der Waals surface area contributed by atoms with Crippen LogP contribution in [0.25, 0.3) is 0 Å². The normalized spacial score (nSPS) is 14.8. The fourth-order valence-electron chi connectivity index (χ4n) is 1.38. The number of hydrogen-bond donors (Lipinski definition) is 1. The molecule has 1 unspecified atom stereocenters. The molecule has 1 aromatic heterocycles. The van der Waals surface area contributed by atoms with Crippen LogP contribution in [0.5, 0.6) is 0 Å². The van der Waals surface area contributed by atoms with Crippen molar-refractivity contribution in [2.75, 3.05) is 0 Å². The van der Waals surface area contributed by atoms with Crippen LogP contribution >= 0.6 is 11.8 Å². The first-order valence-electron chi connectivity index (χ1n) is 5.74. The fraction of sp³-hybridized carbons (Fsp3) is 0.667. The van der Waals surface area contributed by atoms with E-state index in [0.717, 1.165) is 22.8 Å². The molecule has 2 N–H and O–H groups in total. The van der Waals surface area contributed by atoms with Crippen LogP contribution in [0.4, 0.5) is 0 Å². The predicted octanol–water partition coefficient (Wildman–Crippen LogP) is 2.84. The number of rotatable bonds is 5. The van der Waals surface area contributed by atoms with Gasteiger partial charge in [0.05, 0.1) is 5.75 Å². The predicted molar refractivity (Wildman–Crippen MR) is 70.4 cm³/mol. The van der Waals surface area contributed by atoms with Crippen LogP contribution in [-0.4, -0.2) is 15.2 Å². The SMILES string of the molecule is CCC(C)SCc1ncc([C@@H](C)N)c(C)n1. The standard InChI is InChI=1S/C12H21N3S/c1-5-8(2)16-7-12-14-6-11(9(3)13)10(4)15-12/h6,8-9H,5,7,13H2,1-4H3/t8?,9-/m1/s1. The molecule has 0 fully saturated rings. The summed E-state index contributed by atoms with van der Waals surface area (Å²) in [6.07, 6.45) is 3.04. The lowest BCUT2D eigenvalue weighted by Gasteiger charge is -2.11. The van der Waals surface area contributed by atoms with Gasteiger partial charge >= 0.3 is 0 Å². The van der Waals surface area contributed by atoms with Crippen LogP contribution in [0.2, 0.25) is 0 Å². The van der Waals surface area contributed by atoms with Crippen molar-refractivity contribution in [1.29, 1.82) is 0 Å². The zero-order valence-corrected chi connectivity index (χ0v) is 11.3. The van der Waals surface area contributed by atoms with Crippen molar-refractivity contribution >= 4 is 11.8 Å². The Kier molecular flexibility index (Phi) is 5.22. The van der Waals surface area contributed by atoms with Gasteiger partial charge in [-0.15, -0.1) is 0 Å². The third-order valence-electron chi connectivity index (χ3n) is 2.63. The second-order valence-corrected chi connectivity index (χ2v) is 5.57. The molecule has 1 heterocycles. The molecular formula is C12H21N3S. The minimum absolute atomic E-state index is 0.0104. The van der Waals surface area contributed by atoms with Gasteiger partial charge in [-0.1, -0.05) is 13.8 Å². The maximum Gasteiger partial charge on any atom is 0.138 e. The van der Waals surface area contributed by atoms with Crippen molar-refractivity contribution in [2.24, 2.45) is 5.73 Å². The average molecular weight is 239 g/mol. The Balaban J connectivity index is 2.66. The molecule has 0 amide bonds. The van der Waals surface area contributed by atoms with Crippen molar-refractivity contribution in [3.63, 3.8) is 0 Å². The number of thioether (sulfide) groups is 1. The molecule has 2 atom stereocenters. The first kappa shape index (κ1) is 13.5. The van der Waals surface area contributed by atoms with Crippen molar-refractivity contribution in [1.82, 2.24) is 9.97 Å². The van der Waals surface area contributed by atoms with Gasteiger partial charge in [-0.25, -0.2) is 9.97 Å². The summed E-state index contributed by atoms with van der Waals surface area (Å²) in [5.74, 6) is 1.79. The lowest BCUT2D eigenvalue weighted by atomic mass is 10.1. The van der Waals surface area contributed by atoms with Gasteiger partial charge in [0.1, 0.15) is 5.82 Å². The van der Waals surface area contributed by atoms with Crippen LogP contribution in [0.3, 0.4) is 0 Å². The lowest BCUT2D eigenvalue weighted by Crippen LogP contribution is -2.10. The second kappa shape index (κ2) is 6.21. The monoisotopic (exact) mass is 239 g/mol. The van der Waals surface area contributed by atoms with E-state index in [1.165, 1.54) is 6.42 Å². The maximum absolute atomic E-state index is 5.82. The van der Waals surface area contributed by atoms with Crippen molar-refractivity contribution in [2.45, 2.75) is 51.2 Å². The minimum Gasteiger partial charge on any atom is -0.324 e. The highest BCUT2D eigenvalue weighted by atomic mass is 32.2. The average Bonchev–Trinajstić information content (AvgIpc) is 2.25. The molecule has 0 saturated carbocycles. The number of nitrogens with zero attached hydrogens (tertiary/aromatic N) is 2. The van der Waals surface area contributed by atoms with Crippen LogP contribution in [0.15, 0.2) is 6.20 Å². The van der Waals surface area contributed by atoms with Gasteiger partial charge in [0.15, 0.2) is 0 Å². The quantitative estimate of drug-likeness (QED) is 0.858. The minimum atomic E-state index is 0.0104. The molecule has 1 aromatic rings. The maximum atomic E-state index is 5.82. The van der Waals surface area contributed by atoms with E-state index in [9.17, 15) is 0 Å². The van der Waals surface area contributed by atoms with Crippen molar-refractivity contribution in [3.05, 3.63) is 23.3 Å². The van der Waals surface area contributed by atoms with Crippen LogP contribution in [-0.2, 0) is 5.75 Å². The molecule has 0 aliphatic heterocycles. The van der Waals surface area contributed by atoms with Gasteiger partial charge in [-0.05, 0) is 20.3 Å². The third kappa shape index (κ3) is 3.76. The Morgan fingerprint density at radius 2 is 2.12 bits per heavy atom. The Hall–Kier alpha value is -0.610. The molecule has 0 aromatic carbocycles. The molecule has 0 bridgehead atoms. The van der Waals surface area contributed by atoms with Gasteiger partial charge < -0.3 is 5.73 Å². The summed E-state index contributed by atoms with van der Waals surface area (Å²) in [7, 11) is 0. The van der Waals surface area contributed by atoms with E-state index in [4.69, 9.17) is 5.73 Å². The van der Waals surface area contributed by atoms with Crippen molar-refractivity contribution in [3.8, 4) is 0 Å². The summed E-state index contributed by atoms with van der Waals surface area (Å²) in [4.78, 5) is 8.84. The molecule has 1 rings (SSSR count). The first-order chi connectivity index (χ1) is 7.54. The van der Waals surface area contributed by atoms with Gasteiger partial charge in [-0.2, -0.15) is 11.8 Å². The summed E-state index contributed by atoms with van der Waals surface area (Å²) < 4.78 is 0. The van der Waals surface area contributed by atoms with E-state index in [-0.39, 0.29) is 6.04 Å². The molecular weight excluding hydrogens is 218 g/mol. The van der Waals surface area contributed by atoms with Crippen molar-refractivity contribution < 1.29 is 0 Å². The number of aromatic nitrogens is 2. The summed E-state index contributed by atoms with van der Waals surface area (Å²) in [5, 5.41) is 0.664. The highest BCUT2D eigenvalue weighted by molar-refractivity contribution is 7.99. The number of nitrogens with two attached hydrogens (primary N) is 1. The van der Waals surface area contributed by atoms with E-state index < -0.39 is 0 Å². The Morgan fingerprint density at radius 1 is 1.44 bits per heavy atom.